The van der Waals surface area contributed by atoms with Gasteiger partial charge in [0.15, 0.2) is 28.3 Å². The second-order valence-corrected chi connectivity index (χ2v) is 5.00. The van der Waals surface area contributed by atoms with E-state index in [1.54, 1.807) is 11.4 Å². The Bertz CT molecular complexity index is 558. The van der Waals surface area contributed by atoms with E-state index in [4.69, 9.17) is 0 Å². The van der Waals surface area contributed by atoms with Crippen molar-refractivity contribution in [3.05, 3.63) is 71.3 Å². The molecule has 0 spiro atoms. The van der Waals surface area contributed by atoms with Gasteiger partial charge in [-0.1, -0.05) is 48.5 Å². The predicted molar refractivity (Wildman–Crippen MR) is 79.4 cm³/mol. The van der Waals surface area contributed by atoms with E-state index in [0.717, 1.165) is 22.4 Å². The summed E-state index contributed by atoms with van der Waals surface area (Å²) in [6.07, 6.45) is 0. The van der Waals surface area contributed by atoms with E-state index < -0.39 is 0 Å². The molecule has 18 heavy (non-hydrogen) atoms. The Hall–Kier alpha value is -1.80. The number of hydrogen-bond acceptors (Lipinski definition) is 1. The summed E-state index contributed by atoms with van der Waals surface area (Å²) in [4.78, 5) is 12.4. The number of benzene rings is 2. The SMILES string of the molecule is CC[S+]=Cc1ccccc1C(=O)c1ccccc1. The van der Waals surface area contributed by atoms with E-state index in [2.05, 4.69) is 12.3 Å². The van der Waals surface area contributed by atoms with Crippen LogP contribution in [0.25, 0.3) is 0 Å². The van der Waals surface area contributed by atoms with Crippen LogP contribution in [0.2, 0.25) is 0 Å². The summed E-state index contributed by atoms with van der Waals surface area (Å²) in [6.45, 7) is 2.10. The third-order valence-corrected chi connectivity index (χ3v) is 3.37. The van der Waals surface area contributed by atoms with E-state index in [1.807, 2.05) is 54.6 Å². The Morgan fingerprint density at radius 2 is 1.72 bits per heavy atom. The van der Waals surface area contributed by atoms with Gasteiger partial charge in [-0.05, 0) is 13.0 Å². The summed E-state index contributed by atoms with van der Waals surface area (Å²) >= 11 is 1.71. The molecule has 0 atom stereocenters. The molecular weight excluding hydrogens is 240 g/mol. The first-order chi connectivity index (χ1) is 8.83. The molecule has 0 unspecified atom stereocenters. The van der Waals surface area contributed by atoms with E-state index in [9.17, 15) is 4.79 Å². The van der Waals surface area contributed by atoms with Crippen LogP contribution >= 0.6 is 0 Å². The molecule has 0 aliphatic heterocycles. The number of hydrogen-bond donors (Lipinski definition) is 0. The zero-order chi connectivity index (χ0) is 12.8. The molecule has 0 aromatic heterocycles. The molecule has 0 saturated carbocycles. The van der Waals surface area contributed by atoms with Crippen LogP contribution in [0.5, 0.6) is 0 Å². The average molecular weight is 255 g/mol. The molecule has 0 radical (unpaired) electrons. The van der Waals surface area contributed by atoms with Crippen LogP contribution in [-0.2, 0) is 11.4 Å². The summed E-state index contributed by atoms with van der Waals surface area (Å²) in [5.74, 6) is 1.09. The number of ketones is 1. The molecular formula is C16H15OS+. The van der Waals surface area contributed by atoms with Crippen LogP contribution < -0.4 is 0 Å². The van der Waals surface area contributed by atoms with Crippen molar-refractivity contribution in [2.24, 2.45) is 0 Å². The van der Waals surface area contributed by atoms with Crippen LogP contribution in [0.15, 0.2) is 54.6 Å². The summed E-state index contributed by atoms with van der Waals surface area (Å²) in [5, 5.41) is 2.05. The second-order valence-electron chi connectivity index (χ2n) is 3.86. The van der Waals surface area contributed by atoms with Crippen molar-refractivity contribution >= 4 is 22.5 Å². The number of rotatable bonds is 4. The Kier molecular flexibility index (Phi) is 4.37. The van der Waals surface area contributed by atoms with Crippen molar-refractivity contribution in [1.29, 1.82) is 0 Å². The molecule has 0 fully saturated rings. The molecule has 2 aromatic carbocycles. The Balaban J connectivity index is 2.39. The fraction of sp³-hybridized carbons (Fsp3) is 0.125. The van der Waals surface area contributed by atoms with Gasteiger partial charge in [-0.15, -0.1) is 0 Å². The molecule has 0 saturated heterocycles. The molecule has 0 N–H and O–H groups in total. The highest BCUT2D eigenvalue weighted by molar-refractivity contribution is 7.77. The van der Waals surface area contributed by atoms with Gasteiger partial charge < -0.3 is 0 Å². The minimum Gasteiger partial charge on any atom is -0.289 e. The summed E-state index contributed by atoms with van der Waals surface area (Å²) in [7, 11) is 0. The normalized spacial score (nSPS) is 10.7. The van der Waals surface area contributed by atoms with Crippen molar-refractivity contribution < 1.29 is 4.79 Å². The monoisotopic (exact) mass is 255 g/mol. The minimum absolute atomic E-state index is 0.0825. The molecule has 0 bridgehead atoms. The molecule has 2 heteroatoms. The van der Waals surface area contributed by atoms with E-state index in [1.165, 1.54) is 0 Å². The van der Waals surface area contributed by atoms with E-state index >= 15 is 0 Å². The third kappa shape index (κ3) is 2.90. The van der Waals surface area contributed by atoms with E-state index in [-0.39, 0.29) is 5.78 Å². The highest BCUT2D eigenvalue weighted by atomic mass is 32.1. The van der Waals surface area contributed by atoms with Crippen molar-refractivity contribution in [2.45, 2.75) is 6.92 Å². The fourth-order valence-corrected chi connectivity index (χ4v) is 2.28. The van der Waals surface area contributed by atoms with Gasteiger partial charge in [-0.25, -0.2) is 0 Å². The predicted octanol–water partition coefficient (Wildman–Crippen LogP) is 3.17. The van der Waals surface area contributed by atoms with Gasteiger partial charge in [-0.3, -0.25) is 4.79 Å². The topological polar surface area (TPSA) is 17.1 Å². The quantitative estimate of drug-likeness (QED) is 0.466. The van der Waals surface area contributed by atoms with Crippen LogP contribution in [0.3, 0.4) is 0 Å². The van der Waals surface area contributed by atoms with Crippen molar-refractivity contribution in [1.82, 2.24) is 0 Å². The molecule has 0 aliphatic rings. The van der Waals surface area contributed by atoms with Gasteiger partial charge >= 0.3 is 0 Å². The van der Waals surface area contributed by atoms with Crippen LogP contribution in [0.1, 0.15) is 28.4 Å². The maximum absolute atomic E-state index is 12.4. The molecule has 0 amide bonds. The van der Waals surface area contributed by atoms with Crippen molar-refractivity contribution in [3.8, 4) is 0 Å². The lowest BCUT2D eigenvalue weighted by Crippen LogP contribution is -2.05. The van der Waals surface area contributed by atoms with E-state index in [0.29, 0.717) is 0 Å². The van der Waals surface area contributed by atoms with Gasteiger partial charge in [0.05, 0.1) is 0 Å². The Morgan fingerprint density at radius 1 is 1.06 bits per heavy atom. The Morgan fingerprint density at radius 3 is 2.44 bits per heavy atom. The molecule has 1 nitrogen and oxygen atoms in total. The van der Waals surface area contributed by atoms with Gasteiger partial charge in [0, 0.05) is 16.7 Å². The zero-order valence-electron chi connectivity index (χ0n) is 10.3. The van der Waals surface area contributed by atoms with Gasteiger partial charge in [0.1, 0.15) is 0 Å². The summed E-state index contributed by atoms with van der Waals surface area (Å²) < 4.78 is 0. The lowest BCUT2D eigenvalue weighted by atomic mass is 9.99. The van der Waals surface area contributed by atoms with Crippen LogP contribution in [-0.4, -0.2) is 16.9 Å². The van der Waals surface area contributed by atoms with Gasteiger partial charge in [0.2, 0.25) is 0 Å². The maximum Gasteiger partial charge on any atom is 0.197 e. The molecule has 90 valence electrons. The molecule has 0 aliphatic carbocycles. The largest absolute Gasteiger partial charge is 0.289 e. The van der Waals surface area contributed by atoms with Gasteiger partial charge in [-0.2, -0.15) is 0 Å². The zero-order valence-corrected chi connectivity index (χ0v) is 11.1. The number of carbonyl (C=O) groups excluding carboxylic acids is 1. The minimum atomic E-state index is 0.0825. The maximum atomic E-state index is 12.4. The van der Waals surface area contributed by atoms with Crippen LogP contribution in [0, 0.1) is 0 Å². The molecule has 0 heterocycles. The van der Waals surface area contributed by atoms with Crippen LogP contribution in [0.4, 0.5) is 0 Å². The summed E-state index contributed by atoms with van der Waals surface area (Å²) in [6, 6.07) is 17.1. The number of carbonyl (C=O) groups is 1. The summed E-state index contributed by atoms with van der Waals surface area (Å²) in [5.41, 5.74) is 2.50. The molecule has 2 aromatic rings. The smallest absolute Gasteiger partial charge is 0.197 e. The highest BCUT2D eigenvalue weighted by Gasteiger charge is 2.13. The Labute approximate surface area is 111 Å². The lowest BCUT2D eigenvalue weighted by molar-refractivity contribution is 0.103. The first-order valence-corrected chi connectivity index (χ1v) is 7.01. The first kappa shape index (κ1) is 12.7. The van der Waals surface area contributed by atoms with Gasteiger partial charge in [0.25, 0.3) is 0 Å². The standard InChI is InChI=1S/C16H15OS/c1-2-18-12-14-10-6-7-11-15(14)16(17)13-8-4-3-5-9-13/h3-12H,2H2,1H3/q+1. The lowest BCUT2D eigenvalue weighted by Gasteiger charge is -2.02. The highest BCUT2D eigenvalue weighted by Crippen LogP contribution is 2.13. The first-order valence-electron chi connectivity index (χ1n) is 5.96. The molecule has 2 rings (SSSR count). The van der Waals surface area contributed by atoms with Crippen molar-refractivity contribution in [2.75, 3.05) is 5.75 Å². The second kappa shape index (κ2) is 6.22. The van der Waals surface area contributed by atoms with Crippen molar-refractivity contribution in [3.63, 3.8) is 0 Å². The fourth-order valence-electron chi connectivity index (χ4n) is 1.72. The average Bonchev–Trinajstić information content (AvgIpc) is 2.45. The third-order valence-electron chi connectivity index (χ3n) is 2.62.